The molecule has 0 bridgehead atoms. The fourth-order valence-corrected chi connectivity index (χ4v) is 3.84. The Balaban J connectivity index is 1.96. The highest BCUT2D eigenvalue weighted by Crippen LogP contribution is 2.32. The summed E-state index contributed by atoms with van der Waals surface area (Å²) in [6.45, 7) is 1.53. The molecule has 8 nitrogen and oxygen atoms in total. The predicted molar refractivity (Wildman–Crippen MR) is 111 cm³/mol. The third kappa shape index (κ3) is 5.88. The fraction of sp³-hybridized carbons (Fsp3) is 0.125. The maximum absolute atomic E-state index is 12.0. The van der Waals surface area contributed by atoms with Crippen molar-refractivity contribution in [3.05, 3.63) is 55.0 Å². The number of aryl methyl sites for hydroxylation is 1. The van der Waals surface area contributed by atoms with Gasteiger partial charge in [-0.1, -0.05) is 15.9 Å². The van der Waals surface area contributed by atoms with Gasteiger partial charge >= 0.3 is 0 Å². The molecule has 0 saturated heterocycles. The van der Waals surface area contributed by atoms with Crippen LogP contribution in [0.2, 0.25) is 0 Å². The van der Waals surface area contributed by atoms with Crippen LogP contribution in [0.1, 0.15) is 5.56 Å². The van der Waals surface area contributed by atoms with Crippen molar-refractivity contribution in [2.75, 3.05) is 11.9 Å². The number of carbonyl (C=O) groups excluding carboxylic acids is 1. The highest BCUT2D eigenvalue weighted by atomic mass is 79.9. The molecule has 0 atom stereocenters. The van der Waals surface area contributed by atoms with Gasteiger partial charge in [-0.15, -0.1) is 0 Å². The number of phenols is 1. The average Bonchev–Trinajstić information content (AvgIpc) is 2.55. The number of ether oxygens (including phenoxy) is 1. The Kier molecular flexibility index (Phi) is 7.11. The number of non-ortho nitro benzene ring substituents is 1. The number of halogens is 2. The number of carbonyl (C=O) groups is 1. The molecule has 27 heavy (non-hydrogen) atoms. The monoisotopic (exact) mass is 517 g/mol. The second-order valence-corrected chi connectivity index (χ2v) is 7.46. The number of nitro groups is 1. The minimum Gasteiger partial charge on any atom is -0.506 e. The number of amides is 1. The topological polar surface area (TPSA) is 114 Å². The van der Waals surface area contributed by atoms with E-state index in [0.29, 0.717) is 10.2 Å². The molecular formula is C16H13Br2N3O5S. The number of hydrogen-bond donors (Lipinski definition) is 3. The van der Waals surface area contributed by atoms with Crippen LogP contribution in [0.25, 0.3) is 0 Å². The Hall–Kier alpha value is -2.24. The summed E-state index contributed by atoms with van der Waals surface area (Å²) in [7, 11) is 0. The Morgan fingerprint density at radius 2 is 2.04 bits per heavy atom. The highest BCUT2D eigenvalue weighted by Gasteiger charge is 2.14. The van der Waals surface area contributed by atoms with Crippen LogP contribution in [-0.4, -0.2) is 27.7 Å². The molecule has 2 aromatic rings. The summed E-state index contributed by atoms with van der Waals surface area (Å²) in [5.74, 6) is -0.266. The van der Waals surface area contributed by atoms with Gasteiger partial charge in [-0.2, -0.15) is 0 Å². The van der Waals surface area contributed by atoms with Gasteiger partial charge in [0.15, 0.2) is 11.7 Å². The van der Waals surface area contributed by atoms with Crippen molar-refractivity contribution in [1.29, 1.82) is 0 Å². The van der Waals surface area contributed by atoms with E-state index in [1.54, 1.807) is 6.07 Å². The minimum atomic E-state index is -0.613. The number of rotatable bonds is 5. The summed E-state index contributed by atoms with van der Waals surface area (Å²) in [6, 6.07) is 7.04. The second kappa shape index (κ2) is 9.11. The van der Waals surface area contributed by atoms with Crippen molar-refractivity contribution in [3.8, 4) is 11.5 Å². The highest BCUT2D eigenvalue weighted by molar-refractivity contribution is 9.11. The van der Waals surface area contributed by atoms with E-state index < -0.39 is 10.8 Å². The van der Waals surface area contributed by atoms with Crippen LogP contribution >= 0.6 is 44.1 Å². The van der Waals surface area contributed by atoms with Gasteiger partial charge in [0.2, 0.25) is 0 Å². The summed E-state index contributed by atoms with van der Waals surface area (Å²) in [6.07, 6.45) is 0. The van der Waals surface area contributed by atoms with E-state index >= 15 is 0 Å². The van der Waals surface area contributed by atoms with Crippen LogP contribution in [0.5, 0.6) is 11.5 Å². The molecule has 0 unspecified atom stereocenters. The van der Waals surface area contributed by atoms with Crippen LogP contribution in [0.15, 0.2) is 39.3 Å². The number of benzene rings is 2. The lowest BCUT2D eigenvalue weighted by Gasteiger charge is -2.13. The lowest BCUT2D eigenvalue weighted by molar-refractivity contribution is -0.384. The SMILES string of the molecule is Cc1cc(Br)cc(Br)c1OCC(=O)NC(=S)Nc1cc([N+](=O)[O-])ccc1O. The molecule has 0 aliphatic rings. The Morgan fingerprint density at radius 3 is 2.67 bits per heavy atom. The van der Waals surface area contributed by atoms with Crippen LogP contribution in [0.4, 0.5) is 11.4 Å². The maximum Gasteiger partial charge on any atom is 0.271 e. The molecule has 2 aromatic carbocycles. The van der Waals surface area contributed by atoms with Crippen LogP contribution in [0.3, 0.4) is 0 Å². The molecule has 2 rings (SSSR count). The van der Waals surface area contributed by atoms with Crippen LogP contribution in [-0.2, 0) is 4.79 Å². The van der Waals surface area contributed by atoms with Crippen molar-refractivity contribution in [1.82, 2.24) is 5.32 Å². The van der Waals surface area contributed by atoms with Crippen molar-refractivity contribution >= 4 is 66.5 Å². The minimum absolute atomic E-state index is 0.00177. The van der Waals surface area contributed by atoms with Crippen molar-refractivity contribution in [2.24, 2.45) is 0 Å². The number of anilines is 1. The Morgan fingerprint density at radius 1 is 1.33 bits per heavy atom. The van der Waals surface area contributed by atoms with E-state index in [-0.39, 0.29) is 28.8 Å². The van der Waals surface area contributed by atoms with Crippen LogP contribution in [0, 0.1) is 17.0 Å². The predicted octanol–water partition coefficient (Wildman–Crippen LogP) is 4.03. The number of nitrogens with zero attached hydrogens (tertiary/aromatic N) is 1. The molecule has 0 saturated carbocycles. The molecule has 1 amide bonds. The lowest BCUT2D eigenvalue weighted by atomic mass is 10.2. The smallest absolute Gasteiger partial charge is 0.271 e. The quantitative estimate of drug-likeness (QED) is 0.237. The second-order valence-electron chi connectivity index (χ2n) is 5.28. The van der Waals surface area contributed by atoms with Gasteiger partial charge in [-0.3, -0.25) is 20.2 Å². The van der Waals surface area contributed by atoms with Gasteiger partial charge in [0.1, 0.15) is 11.5 Å². The van der Waals surface area contributed by atoms with Crippen molar-refractivity contribution in [3.63, 3.8) is 0 Å². The van der Waals surface area contributed by atoms with E-state index in [1.807, 2.05) is 13.0 Å². The summed E-state index contributed by atoms with van der Waals surface area (Å²) < 4.78 is 7.06. The zero-order valence-corrected chi connectivity index (χ0v) is 17.8. The van der Waals surface area contributed by atoms with Gasteiger partial charge in [0, 0.05) is 16.6 Å². The summed E-state index contributed by atoms with van der Waals surface area (Å²) in [4.78, 5) is 22.2. The molecule has 0 aromatic heterocycles. The lowest BCUT2D eigenvalue weighted by Crippen LogP contribution is -2.37. The molecule has 3 N–H and O–H groups in total. The maximum atomic E-state index is 12.0. The molecule has 142 valence electrons. The zero-order chi connectivity index (χ0) is 20.1. The van der Waals surface area contributed by atoms with E-state index in [4.69, 9.17) is 17.0 Å². The summed E-state index contributed by atoms with van der Waals surface area (Å²) in [5.41, 5.74) is 0.594. The molecule has 0 radical (unpaired) electrons. The summed E-state index contributed by atoms with van der Waals surface area (Å²) >= 11 is 11.7. The van der Waals surface area contributed by atoms with E-state index in [0.717, 1.165) is 28.2 Å². The van der Waals surface area contributed by atoms with Gasteiger partial charge in [-0.25, -0.2) is 0 Å². The number of nitrogens with one attached hydrogen (secondary N) is 2. The molecule has 0 heterocycles. The Labute approximate surface area is 176 Å². The number of phenolic OH excluding ortho intramolecular Hbond substituents is 1. The fourth-order valence-electron chi connectivity index (χ4n) is 2.06. The molecule has 0 aliphatic carbocycles. The van der Waals surface area contributed by atoms with Crippen molar-refractivity contribution in [2.45, 2.75) is 6.92 Å². The van der Waals surface area contributed by atoms with E-state index in [9.17, 15) is 20.0 Å². The first-order valence-electron chi connectivity index (χ1n) is 7.34. The van der Waals surface area contributed by atoms with Gasteiger partial charge in [-0.05, 0) is 58.8 Å². The first-order valence-corrected chi connectivity index (χ1v) is 9.33. The molecule has 0 aliphatic heterocycles. The standard InChI is InChI=1S/C16H13Br2N3O5S/c1-8-4-9(17)5-11(18)15(8)26-7-14(23)20-16(27)19-12-6-10(21(24)25)2-3-13(12)22/h2-6,22H,7H2,1H3,(H2,19,20,23,27). The number of thiocarbonyl (C=S) groups is 1. The number of hydrogen-bond acceptors (Lipinski definition) is 6. The Bertz CT molecular complexity index is 900. The first kappa shape index (κ1) is 21.1. The first-order chi connectivity index (χ1) is 12.7. The normalized spacial score (nSPS) is 10.2. The number of aromatic hydroxyl groups is 1. The van der Waals surface area contributed by atoms with Gasteiger partial charge in [0.25, 0.3) is 11.6 Å². The van der Waals surface area contributed by atoms with Crippen LogP contribution < -0.4 is 15.4 Å². The van der Waals surface area contributed by atoms with E-state index in [2.05, 4.69) is 42.5 Å². The third-order valence-corrected chi connectivity index (χ3v) is 4.48. The molecule has 11 heteroatoms. The molecule has 0 fully saturated rings. The zero-order valence-electron chi connectivity index (χ0n) is 13.8. The van der Waals surface area contributed by atoms with E-state index in [1.165, 1.54) is 0 Å². The summed E-state index contributed by atoms with van der Waals surface area (Å²) in [5, 5.41) is 25.3. The molecule has 0 spiro atoms. The third-order valence-electron chi connectivity index (χ3n) is 3.23. The van der Waals surface area contributed by atoms with Gasteiger partial charge < -0.3 is 15.2 Å². The average molecular weight is 519 g/mol. The van der Waals surface area contributed by atoms with Crippen molar-refractivity contribution < 1.29 is 19.6 Å². The molecular weight excluding hydrogens is 506 g/mol. The largest absolute Gasteiger partial charge is 0.506 e. The van der Waals surface area contributed by atoms with Gasteiger partial charge in [0.05, 0.1) is 15.1 Å². The number of nitro benzene ring substituents is 1.